The first-order chi connectivity index (χ1) is 6.07. The molecular formula is C9H21N3O. The molecule has 0 aliphatic rings. The van der Waals surface area contributed by atoms with Crippen molar-refractivity contribution in [1.82, 2.24) is 5.32 Å². The topological polar surface area (TPSA) is 81.1 Å². The van der Waals surface area contributed by atoms with Gasteiger partial charge in [-0.05, 0) is 19.4 Å². The summed E-state index contributed by atoms with van der Waals surface area (Å²) >= 11 is 0. The number of carbonyl (C=O) groups excluding carboxylic acids is 1. The standard InChI is InChI=1S/C9H21N3O/c1-7(2)9(13)12-6-8(11)4-3-5-10/h7-8H,3-6,10-11H2,1-2H3,(H,12,13). The average Bonchev–Trinajstić information content (AvgIpc) is 2.10. The van der Waals surface area contributed by atoms with Crippen molar-refractivity contribution >= 4 is 5.91 Å². The lowest BCUT2D eigenvalue weighted by Crippen LogP contribution is -2.39. The molecule has 0 aromatic carbocycles. The molecule has 1 unspecified atom stereocenters. The van der Waals surface area contributed by atoms with Gasteiger partial charge in [-0.25, -0.2) is 0 Å². The van der Waals surface area contributed by atoms with E-state index in [1.54, 1.807) is 0 Å². The first-order valence-electron chi connectivity index (χ1n) is 4.81. The van der Waals surface area contributed by atoms with Gasteiger partial charge in [-0.3, -0.25) is 4.79 Å². The molecule has 1 atom stereocenters. The van der Waals surface area contributed by atoms with Gasteiger partial charge >= 0.3 is 0 Å². The second-order valence-electron chi connectivity index (χ2n) is 3.59. The number of carbonyl (C=O) groups is 1. The van der Waals surface area contributed by atoms with Gasteiger partial charge in [0, 0.05) is 18.5 Å². The Labute approximate surface area is 80.0 Å². The number of rotatable bonds is 6. The third-order valence-electron chi connectivity index (χ3n) is 1.84. The van der Waals surface area contributed by atoms with Gasteiger partial charge in [-0.2, -0.15) is 0 Å². The summed E-state index contributed by atoms with van der Waals surface area (Å²) in [4.78, 5) is 11.1. The van der Waals surface area contributed by atoms with E-state index >= 15 is 0 Å². The number of nitrogens with one attached hydrogen (secondary N) is 1. The summed E-state index contributed by atoms with van der Waals surface area (Å²) in [5.74, 6) is 0.0879. The molecule has 1 amide bonds. The van der Waals surface area contributed by atoms with Gasteiger partial charge < -0.3 is 16.8 Å². The van der Waals surface area contributed by atoms with Crippen LogP contribution < -0.4 is 16.8 Å². The summed E-state index contributed by atoms with van der Waals surface area (Å²) in [7, 11) is 0. The molecule has 5 N–H and O–H groups in total. The molecule has 4 heteroatoms. The van der Waals surface area contributed by atoms with Crippen LogP contribution >= 0.6 is 0 Å². The van der Waals surface area contributed by atoms with Crippen LogP contribution in [0.5, 0.6) is 0 Å². The van der Waals surface area contributed by atoms with Crippen molar-refractivity contribution in [3.63, 3.8) is 0 Å². The summed E-state index contributed by atoms with van der Waals surface area (Å²) in [6.45, 7) is 4.93. The summed E-state index contributed by atoms with van der Waals surface area (Å²) in [5, 5.41) is 2.79. The zero-order valence-electron chi connectivity index (χ0n) is 8.55. The highest BCUT2D eigenvalue weighted by molar-refractivity contribution is 5.77. The van der Waals surface area contributed by atoms with Crippen molar-refractivity contribution in [3.8, 4) is 0 Å². The van der Waals surface area contributed by atoms with Crippen molar-refractivity contribution in [2.45, 2.75) is 32.7 Å². The maximum absolute atomic E-state index is 11.1. The van der Waals surface area contributed by atoms with Gasteiger partial charge in [0.05, 0.1) is 0 Å². The molecule has 4 nitrogen and oxygen atoms in total. The fourth-order valence-electron chi connectivity index (χ4n) is 0.918. The van der Waals surface area contributed by atoms with E-state index in [4.69, 9.17) is 11.5 Å². The van der Waals surface area contributed by atoms with Gasteiger partial charge in [-0.1, -0.05) is 13.8 Å². The van der Waals surface area contributed by atoms with Crippen LogP contribution in [-0.2, 0) is 4.79 Å². The van der Waals surface area contributed by atoms with Crippen molar-refractivity contribution in [3.05, 3.63) is 0 Å². The van der Waals surface area contributed by atoms with Gasteiger partial charge in [0.15, 0.2) is 0 Å². The normalized spacial score (nSPS) is 13.0. The lowest BCUT2D eigenvalue weighted by molar-refractivity contribution is -0.124. The molecule has 0 aliphatic carbocycles. The van der Waals surface area contributed by atoms with Crippen molar-refractivity contribution < 1.29 is 4.79 Å². The molecule has 0 rings (SSSR count). The Morgan fingerprint density at radius 3 is 2.54 bits per heavy atom. The van der Waals surface area contributed by atoms with Crippen LogP contribution in [0.15, 0.2) is 0 Å². The summed E-state index contributed by atoms with van der Waals surface area (Å²) in [6, 6.07) is 0.0336. The van der Waals surface area contributed by atoms with E-state index in [9.17, 15) is 4.79 Å². The molecule has 0 saturated carbocycles. The van der Waals surface area contributed by atoms with Crippen molar-refractivity contribution in [2.24, 2.45) is 17.4 Å². The summed E-state index contributed by atoms with van der Waals surface area (Å²) in [5.41, 5.74) is 11.1. The molecule has 0 bridgehead atoms. The number of nitrogens with two attached hydrogens (primary N) is 2. The van der Waals surface area contributed by atoms with E-state index in [0.717, 1.165) is 12.8 Å². The maximum Gasteiger partial charge on any atom is 0.222 e. The third-order valence-corrected chi connectivity index (χ3v) is 1.84. The van der Waals surface area contributed by atoms with Gasteiger partial charge in [0.1, 0.15) is 0 Å². The van der Waals surface area contributed by atoms with E-state index < -0.39 is 0 Å². The molecule has 0 saturated heterocycles. The highest BCUT2D eigenvalue weighted by atomic mass is 16.1. The molecule has 0 aromatic heterocycles. The number of hydrogen-bond donors (Lipinski definition) is 3. The van der Waals surface area contributed by atoms with E-state index in [2.05, 4.69) is 5.32 Å². The molecule has 0 fully saturated rings. The highest BCUT2D eigenvalue weighted by Crippen LogP contribution is 1.93. The lowest BCUT2D eigenvalue weighted by Gasteiger charge is -2.13. The molecular weight excluding hydrogens is 166 g/mol. The van der Waals surface area contributed by atoms with E-state index in [-0.39, 0.29) is 17.9 Å². The second-order valence-corrected chi connectivity index (χ2v) is 3.59. The second kappa shape index (κ2) is 6.86. The number of amides is 1. The number of hydrogen-bond acceptors (Lipinski definition) is 3. The Balaban J connectivity index is 3.46. The SMILES string of the molecule is CC(C)C(=O)NCC(N)CCCN. The Kier molecular flexibility index (Phi) is 6.54. The third kappa shape index (κ3) is 6.54. The minimum Gasteiger partial charge on any atom is -0.354 e. The Morgan fingerprint density at radius 2 is 2.08 bits per heavy atom. The van der Waals surface area contributed by atoms with Crippen molar-refractivity contribution in [2.75, 3.05) is 13.1 Å². The minimum absolute atomic E-state index is 0.0294. The zero-order chi connectivity index (χ0) is 10.3. The molecule has 78 valence electrons. The largest absolute Gasteiger partial charge is 0.354 e. The van der Waals surface area contributed by atoms with Crippen LogP contribution in [-0.4, -0.2) is 25.0 Å². The summed E-state index contributed by atoms with van der Waals surface area (Å²) in [6.07, 6.45) is 1.79. The van der Waals surface area contributed by atoms with E-state index in [1.807, 2.05) is 13.8 Å². The van der Waals surface area contributed by atoms with Gasteiger partial charge in [0.25, 0.3) is 0 Å². The monoisotopic (exact) mass is 187 g/mol. The van der Waals surface area contributed by atoms with Crippen molar-refractivity contribution in [1.29, 1.82) is 0 Å². The Hall–Kier alpha value is -0.610. The van der Waals surface area contributed by atoms with Gasteiger partial charge in [-0.15, -0.1) is 0 Å². The molecule has 0 radical (unpaired) electrons. The summed E-state index contributed by atoms with van der Waals surface area (Å²) < 4.78 is 0. The van der Waals surface area contributed by atoms with Crippen LogP contribution in [0.25, 0.3) is 0 Å². The first-order valence-corrected chi connectivity index (χ1v) is 4.81. The molecule has 0 aliphatic heterocycles. The Morgan fingerprint density at radius 1 is 1.46 bits per heavy atom. The highest BCUT2D eigenvalue weighted by Gasteiger charge is 2.08. The molecule has 0 spiro atoms. The van der Waals surface area contributed by atoms with E-state index in [0.29, 0.717) is 13.1 Å². The smallest absolute Gasteiger partial charge is 0.222 e. The molecule has 13 heavy (non-hydrogen) atoms. The van der Waals surface area contributed by atoms with Crippen LogP contribution in [0.3, 0.4) is 0 Å². The average molecular weight is 187 g/mol. The van der Waals surface area contributed by atoms with E-state index in [1.165, 1.54) is 0 Å². The van der Waals surface area contributed by atoms with Crippen LogP contribution in [0.1, 0.15) is 26.7 Å². The Bertz CT molecular complexity index is 148. The predicted molar refractivity (Wildman–Crippen MR) is 54.1 cm³/mol. The molecule has 0 heterocycles. The predicted octanol–water partition coefficient (Wildman–Crippen LogP) is -0.175. The fourth-order valence-corrected chi connectivity index (χ4v) is 0.918. The zero-order valence-corrected chi connectivity index (χ0v) is 8.55. The fraction of sp³-hybridized carbons (Fsp3) is 0.889. The quantitative estimate of drug-likeness (QED) is 0.540. The van der Waals surface area contributed by atoms with Gasteiger partial charge in [0.2, 0.25) is 5.91 Å². The first kappa shape index (κ1) is 12.4. The van der Waals surface area contributed by atoms with Crippen LogP contribution in [0, 0.1) is 5.92 Å². The van der Waals surface area contributed by atoms with Crippen LogP contribution in [0.4, 0.5) is 0 Å². The lowest BCUT2D eigenvalue weighted by atomic mass is 10.1. The minimum atomic E-state index is 0.0294. The van der Waals surface area contributed by atoms with Crippen LogP contribution in [0.2, 0.25) is 0 Å². The molecule has 0 aromatic rings. The maximum atomic E-state index is 11.1.